The Hall–Kier alpha value is -0.870. The molecule has 0 fully saturated rings. The minimum atomic E-state index is -0.861. The third kappa shape index (κ3) is 2.58. The van der Waals surface area contributed by atoms with Gasteiger partial charge in [0.2, 0.25) is 0 Å². The first-order chi connectivity index (χ1) is 7.27. The summed E-state index contributed by atoms with van der Waals surface area (Å²) in [5, 5.41) is 8.97. The Balaban J connectivity index is 2.40. The van der Waals surface area contributed by atoms with Gasteiger partial charge in [0.15, 0.2) is 0 Å². The van der Waals surface area contributed by atoms with E-state index in [4.69, 9.17) is 5.11 Å². The van der Waals surface area contributed by atoms with Gasteiger partial charge in [-0.05, 0) is 6.08 Å². The molecule has 0 atom stereocenters. The van der Waals surface area contributed by atoms with Crippen LogP contribution in [0.4, 0.5) is 0 Å². The third-order valence-corrected chi connectivity index (χ3v) is 4.18. The van der Waals surface area contributed by atoms with Crippen molar-refractivity contribution in [2.45, 2.75) is 0 Å². The van der Waals surface area contributed by atoms with E-state index in [1.165, 1.54) is 4.91 Å². The maximum atomic E-state index is 10.9. The molecule has 2 nitrogen and oxygen atoms in total. The van der Waals surface area contributed by atoms with Crippen LogP contribution >= 0.6 is 23.5 Å². The summed E-state index contributed by atoms with van der Waals surface area (Å²) < 4.78 is 0. The molecule has 0 radical (unpaired) electrons. The van der Waals surface area contributed by atoms with Crippen LogP contribution in [0.3, 0.4) is 0 Å². The molecule has 2 heterocycles. The molecular formula is C11H10O2S2. The molecule has 0 saturated heterocycles. The number of rotatable bonds is 1. The molecule has 2 aliphatic heterocycles. The van der Waals surface area contributed by atoms with Crippen molar-refractivity contribution in [3.05, 3.63) is 45.8 Å². The smallest absolute Gasteiger partial charge is 0.335 e. The van der Waals surface area contributed by atoms with Crippen molar-refractivity contribution in [3.63, 3.8) is 0 Å². The fraction of sp³-hybridized carbons (Fsp3) is 0.182. The first-order valence-corrected chi connectivity index (χ1v) is 6.52. The Kier molecular flexibility index (Phi) is 3.38. The lowest BCUT2D eigenvalue weighted by Gasteiger charge is -2.13. The lowest BCUT2D eigenvalue weighted by Crippen LogP contribution is -2.01. The van der Waals surface area contributed by atoms with Crippen LogP contribution in [0.2, 0.25) is 0 Å². The van der Waals surface area contributed by atoms with E-state index in [2.05, 4.69) is 12.2 Å². The van der Waals surface area contributed by atoms with Gasteiger partial charge in [-0.2, -0.15) is 0 Å². The normalized spacial score (nSPS) is 26.0. The molecule has 0 aromatic carbocycles. The Labute approximate surface area is 96.8 Å². The van der Waals surface area contributed by atoms with Crippen LogP contribution in [-0.4, -0.2) is 22.6 Å². The molecule has 0 bridgehead atoms. The molecule has 2 rings (SSSR count). The Morgan fingerprint density at radius 2 is 1.80 bits per heavy atom. The van der Waals surface area contributed by atoms with Crippen LogP contribution in [-0.2, 0) is 4.79 Å². The molecule has 1 N–H and O–H groups in total. The molecule has 15 heavy (non-hydrogen) atoms. The fourth-order valence-electron chi connectivity index (χ4n) is 1.31. The summed E-state index contributed by atoms with van der Waals surface area (Å²) in [6.45, 7) is 0. The molecule has 0 aliphatic carbocycles. The van der Waals surface area contributed by atoms with Crippen LogP contribution in [0.25, 0.3) is 0 Å². The molecule has 0 saturated carbocycles. The van der Waals surface area contributed by atoms with E-state index >= 15 is 0 Å². The standard InChI is InChI=1S/C11H10O2S2/c12-11(13)8-3-1-5-14-9-4-2-6-15-10(9)7-8/h1-4,7H,5-6H2,(H,12,13)/b3-1-,8-7+. The summed E-state index contributed by atoms with van der Waals surface area (Å²) in [4.78, 5) is 13.2. The van der Waals surface area contributed by atoms with Crippen molar-refractivity contribution in [2.24, 2.45) is 0 Å². The predicted molar refractivity (Wildman–Crippen MR) is 65.9 cm³/mol. The summed E-state index contributed by atoms with van der Waals surface area (Å²) in [5.74, 6) is 0.890. The number of carbonyl (C=O) groups is 1. The molecule has 4 heteroatoms. The Morgan fingerprint density at radius 3 is 2.53 bits per heavy atom. The monoisotopic (exact) mass is 238 g/mol. The number of hydrogen-bond acceptors (Lipinski definition) is 3. The van der Waals surface area contributed by atoms with E-state index < -0.39 is 5.97 Å². The molecule has 0 aromatic rings. The SMILES string of the molecule is O=C(O)C1=C/C2=C(C=CCS2)SC/C=C\1. The number of aliphatic carboxylic acids is 1. The summed E-state index contributed by atoms with van der Waals surface area (Å²) >= 11 is 3.43. The minimum Gasteiger partial charge on any atom is -0.478 e. The zero-order valence-corrected chi connectivity index (χ0v) is 9.61. The van der Waals surface area contributed by atoms with Crippen molar-refractivity contribution in [1.29, 1.82) is 0 Å². The quantitative estimate of drug-likeness (QED) is 0.762. The molecule has 0 aromatic heterocycles. The minimum absolute atomic E-state index is 0.366. The summed E-state index contributed by atoms with van der Waals surface area (Å²) in [6, 6.07) is 0. The zero-order chi connectivity index (χ0) is 10.7. The van der Waals surface area contributed by atoms with Crippen LogP contribution in [0.1, 0.15) is 0 Å². The number of carboxylic acid groups (broad SMARTS) is 1. The first-order valence-electron chi connectivity index (χ1n) is 4.55. The van der Waals surface area contributed by atoms with Crippen LogP contribution in [0, 0.1) is 0 Å². The van der Waals surface area contributed by atoms with Crippen LogP contribution in [0.5, 0.6) is 0 Å². The predicted octanol–water partition coefficient (Wildman–Crippen LogP) is 2.82. The fourth-order valence-corrected chi connectivity index (χ4v) is 3.23. The number of allylic oxidation sites excluding steroid dienone is 2. The van der Waals surface area contributed by atoms with Gasteiger partial charge in [-0.3, -0.25) is 0 Å². The summed E-state index contributed by atoms with van der Waals surface area (Å²) in [7, 11) is 0. The highest BCUT2D eigenvalue weighted by atomic mass is 32.2. The van der Waals surface area contributed by atoms with E-state index in [1.807, 2.05) is 6.08 Å². The molecule has 0 amide bonds. The number of thioether (sulfide) groups is 2. The van der Waals surface area contributed by atoms with E-state index in [-0.39, 0.29) is 0 Å². The van der Waals surface area contributed by atoms with Gasteiger partial charge in [0.1, 0.15) is 0 Å². The van der Waals surface area contributed by atoms with E-state index in [9.17, 15) is 4.79 Å². The second-order valence-electron chi connectivity index (χ2n) is 3.06. The molecule has 2 aliphatic rings. The highest BCUT2D eigenvalue weighted by Gasteiger charge is 2.12. The van der Waals surface area contributed by atoms with Crippen molar-refractivity contribution in [2.75, 3.05) is 11.5 Å². The molecule has 0 spiro atoms. The largest absolute Gasteiger partial charge is 0.478 e. The highest BCUT2D eigenvalue weighted by molar-refractivity contribution is 8.07. The summed E-state index contributed by atoms with van der Waals surface area (Å²) in [5.41, 5.74) is 0.366. The van der Waals surface area contributed by atoms with Gasteiger partial charge in [-0.25, -0.2) is 4.79 Å². The van der Waals surface area contributed by atoms with E-state index in [0.29, 0.717) is 5.57 Å². The summed E-state index contributed by atoms with van der Waals surface area (Å²) in [6.07, 6.45) is 9.51. The van der Waals surface area contributed by atoms with Gasteiger partial charge in [0.25, 0.3) is 0 Å². The Bertz CT molecular complexity index is 403. The zero-order valence-electron chi connectivity index (χ0n) is 7.97. The third-order valence-electron chi connectivity index (χ3n) is 2.01. The average molecular weight is 238 g/mol. The van der Waals surface area contributed by atoms with E-state index in [0.717, 1.165) is 16.4 Å². The maximum Gasteiger partial charge on any atom is 0.335 e. The lowest BCUT2D eigenvalue weighted by molar-refractivity contribution is -0.132. The van der Waals surface area contributed by atoms with Crippen molar-refractivity contribution < 1.29 is 9.90 Å². The molecule has 0 unspecified atom stereocenters. The van der Waals surface area contributed by atoms with Gasteiger partial charge in [0.05, 0.1) is 5.57 Å². The van der Waals surface area contributed by atoms with Gasteiger partial charge in [-0.1, -0.05) is 24.3 Å². The maximum absolute atomic E-state index is 10.9. The molecular weight excluding hydrogens is 228 g/mol. The van der Waals surface area contributed by atoms with Crippen LogP contribution in [0.15, 0.2) is 45.8 Å². The Morgan fingerprint density at radius 1 is 1.13 bits per heavy atom. The number of carboxylic acids is 1. The highest BCUT2D eigenvalue weighted by Crippen LogP contribution is 2.35. The average Bonchev–Trinajstić information content (AvgIpc) is 2.18. The topological polar surface area (TPSA) is 37.3 Å². The van der Waals surface area contributed by atoms with Crippen LogP contribution < -0.4 is 0 Å². The van der Waals surface area contributed by atoms with Crippen molar-refractivity contribution in [1.82, 2.24) is 0 Å². The van der Waals surface area contributed by atoms with E-state index in [1.54, 1.807) is 35.7 Å². The van der Waals surface area contributed by atoms with Gasteiger partial charge in [0, 0.05) is 21.3 Å². The van der Waals surface area contributed by atoms with Crippen molar-refractivity contribution in [3.8, 4) is 0 Å². The second kappa shape index (κ2) is 4.77. The first kappa shape index (κ1) is 10.6. The number of hydrogen-bond donors (Lipinski definition) is 1. The lowest BCUT2D eigenvalue weighted by atomic mass is 10.2. The van der Waals surface area contributed by atoms with Gasteiger partial charge in [-0.15, -0.1) is 23.5 Å². The van der Waals surface area contributed by atoms with Crippen molar-refractivity contribution >= 4 is 29.5 Å². The van der Waals surface area contributed by atoms with Gasteiger partial charge >= 0.3 is 5.97 Å². The van der Waals surface area contributed by atoms with Gasteiger partial charge < -0.3 is 5.11 Å². The second-order valence-corrected chi connectivity index (χ2v) is 5.18. The molecule has 78 valence electrons.